The van der Waals surface area contributed by atoms with Crippen LogP contribution in [0.3, 0.4) is 0 Å². The minimum absolute atomic E-state index is 0.00515. The quantitative estimate of drug-likeness (QED) is 0.364. The number of nitrogens with zero attached hydrogens (tertiary/aromatic N) is 1. The summed E-state index contributed by atoms with van der Waals surface area (Å²) in [4.78, 5) is 52.1. The zero-order chi connectivity index (χ0) is 26.8. The van der Waals surface area contributed by atoms with Crippen molar-refractivity contribution >= 4 is 23.9 Å². The third-order valence-corrected chi connectivity index (χ3v) is 4.93. The maximum absolute atomic E-state index is 13.5. The zero-order valence-electron chi connectivity index (χ0n) is 21.9. The first-order chi connectivity index (χ1) is 16.3. The molecule has 2 unspecified atom stereocenters. The molecule has 2 N–H and O–H groups in total. The summed E-state index contributed by atoms with van der Waals surface area (Å²) in [5, 5.41) is 5.27. The standard InChI is InChI=1S/C26H39N3O6/c1-9-15-29(24(32)19(5)28-25(33)35-26(6,7)8)22(20-12-11-17(3)16-18(20)4)23(31)27-14-13-21(30)34-10-2/h9,11-12,16,19,22H,1,10,13-15H2,2-8H3,(H,27,31)(H,28,33). The van der Waals surface area contributed by atoms with E-state index in [0.717, 1.165) is 11.1 Å². The third-order valence-electron chi connectivity index (χ3n) is 4.93. The molecule has 0 fully saturated rings. The minimum Gasteiger partial charge on any atom is -0.466 e. The lowest BCUT2D eigenvalue weighted by atomic mass is 9.96. The van der Waals surface area contributed by atoms with Crippen LogP contribution in [0, 0.1) is 13.8 Å². The number of hydrogen-bond donors (Lipinski definition) is 2. The van der Waals surface area contributed by atoms with Gasteiger partial charge in [-0.3, -0.25) is 14.4 Å². The summed E-state index contributed by atoms with van der Waals surface area (Å²) in [6, 6.07) is 3.61. The van der Waals surface area contributed by atoms with E-state index >= 15 is 0 Å². The lowest BCUT2D eigenvalue weighted by molar-refractivity contribution is -0.144. The number of nitrogens with one attached hydrogen (secondary N) is 2. The molecule has 0 spiro atoms. The van der Waals surface area contributed by atoms with E-state index in [-0.39, 0.29) is 26.1 Å². The van der Waals surface area contributed by atoms with Crippen LogP contribution in [0.4, 0.5) is 4.79 Å². The van der Waals surface area contributed by atoms with E-state index in [1.54, 1.807) is 33.8 Å². The number of alkyl carbamates (subject to hydrolysis) is 1. The predicted molar refractivity (Wildman–Crippen MR) is 134 cm³/mol. The monoisotopic (exact) mass is 489 g/mol. The Bertz CT molecular complexity index is 922. The van der Waals surface area contributed by atoms with Crippen molar-refractivity contribution in [3.05, 3.63) is 47.5 Å². The van der Waals surface area contributed by atoms with E-state index in [4.69, 9.17) is 9.47 Å². The average molecular weight is 490 g/mol. The molecule has 1 aromatic rings. The molecule has 1 rings (SSSR count). The Morgan fingerprint density at radius 1 is 1.17 bits per heavy atom. The van der Waals surface area contributed by atoms with Gasteiger partial charge >= 0.3 is 12.1 Å². The summed E-state index contributed by atoms with van der Waals surface area (Å²) in [7, 11) is 0. The summed E-state index contributed by atoms with van der Waals surface area (Å²) >= 11 is 0. The summed E-state index contributed by atoms with van der Waals surface area (Å²) in [6.45, 7) is 16.3. The Hall–Kier alpha value is -3.36. The molecule has 0 saturated carbocycles. The van der Waals surface area contributed by atoms with Crippen molar-refractivity contribution in [2.75, 3.05) is 19.7 Å². The molecule has 0 bridgehead atoms. The third kappa shape index (κ3) is 9.80. The number of hydrogen-bond acceptors (Lipinski definition) is 6. The van der Waals surface area contributed by atoms with Crippen molar-refractivity contribution < 1.29 is 28.7 Å². The first kappa shape index (κ1) is 29.7. The summed E-state index contributed by atoms with van der Waals surface area (Å²) in [5.74, 6) is -1.37. The number of aryl methyl sites for hydroxylation is 2. The van der Waals surface area contributed by atoms with Crippen LogP contribution < -0.4 is 10.6 Å². The van der Waals surface area contributed by atoms with Gasteiger partial charge in [0.1, 0.15) is 17.7 Å². The lowest BCUT2D eigenvalue weighted by Crippen LogP contribution is -2.52. The first-order valence-corrected chi connectivity index (χ1v) is 11.7. The second-order valence-corrected chi connectivity index (χ2v) is 9.26. The molecule has 0 saturated heterocycles. The molecule has 0 aliphatic heterocycles. The van der Waals surface area contributed by atoms with Gasteiger partial charge in [-0.15, -0.1) is 6.58 Å². The van der Waals surface area contributed by atoms with Crippen LogP contribution in [0.1, 0.15) is 63.8 Å². The highest BCUT2D eigenvalue weighted by atomic mass is 16.6. The van der Waals surface area contributed by atoms with Crippen molar-refractivity contribution in [3.8, 4) is 0 Å². The molecule has 194 valence electrons. The SMILES string of the molecule is C=CCN(C(=O)C(C)NC(=O)OC(C)(C)C)C(C(=O)NCCC(=O)OCC)c1ccc(C)cc1C. The second kappa shape index (κ2) is 13.5. The van der Waals surface area contributed by atoms with E-state index < -0.39 is 41.6 Å². The Morgan fingerprint density at radius 3 is 2.37 bits per heavy atom. The molecule has 35 heavy (non-hydrogen) atoms. The van der Waals surface area contributed by atoms with Gasteiger partial charge in [-0.2, -0.15) is 0 Å². The van der Waals surface area contributed by atoms with Gasteiger partial charge in [0.05, 0.1) is 13.0 Å². The molecule has 2 atom stereocenters. The van der Waals surface area contributed by atoms with E-state index in [1.807, 2.05) is 26.0 Å². The number of amides is 3. The van der Waals surface area contributed by atoms with Crippen LogP contribution in [0.5, 0.6) is 0 Å². The molecule has 1 aromatic carbocycles. The maximum Gasteiger partial charge on any atom is 0.408 e. The van der Waals surface area contributed by atoms with E-state index in [9.17, 15) is 19.2 Å². The van der Waals surface area contributed by atoms with Crippen LogP contribution in [-0.4, -0.2) is 60.1 Å². The Morgan fingerprint density at radius 2 is 1.83 bits per heavy atom. The molecule has 0 aliphatic rings. The Labute approximate surface area is 208 Å². The number of rotatable bonds is 11. The summed E-state index contributed by atoms with van der Waals surface area (Å²) in [5.41, 5.74) is 1.73. The number of carbonyl (C=O) groups excluding carboxylic acids is 4. The molecular weight excluding hydrogens is 450 g/mol. The number of carbonyl (C=O) groups is 4. The first-order valence-electron chi connectivity index (χ1n) is 11.7. The fourth-order valence-electron chi connectivity index (χ4n) is 3.46. The van der Waals surface area contributed by atoms with Crippen molar-refractivity contribution in [1.29, 1.82) is 0 Å². The summed E-state index contributed by atoms with van der Waals surface area (Å²) < 4.78 is 10.2. The van der Waals surface area contributed by atoms with Gasteiger partial charge < -0.3 is 25.0 Å². The van der Waals surface area contributed by atoms with E-state index in [2.05, 4.69) is 17.2 Å². The molecule has 0 aliphatic carbocycles. The molecule has 0 heterocycles. The highest BCUT2D eigenvalue weighted by molar-refractivity contribution is 5.92. The smallest absolute Gasteiger partial charge is 0.408 e. The molecule has 9 heteroatoms. The molecular formula is C26H39N3O6. The predicted octanol–water partition coefficient (Wildman–Crippen LogP) is 3.34. The van der Waals surface area contributed by atoms with E-state index in [0.29, 0.717) is 5.56 Å². The fraction of sp³-hybridized carbons (Fsp3) is 0.538. The van der Waals surface area contributed by atoms with Crippen LogP contribution in [0.15, 0.2) is 30.9 Å². The van der Waals surface area contributed by atoms with Crippen LogP contribution >= 0.6 is 0 Å². The van der Waals surface area contributed by atoms with Gasteiger partial charge in [0.2, 0.25) is 11.8 Å². The maximum atomic E-state index is 13.5. The molecule has 0 aromatic heterocycles. The number of ether oxygens (including phenoxy) is 2. The van der Waals surface area contributed by atoms with Crippen LogP contribution in [0.2, 0.25) is 0 Å². The van der Waals surface area contributed by atoms with Crippen molar-refractivity contribution in [2.45, 2.75) is 72.6 Å². The average Bonchev–Trinajstić information content (AvgIpc) is 2.72. The van der Waals surface area contributed by atoms with Crippen molar-refractivity contribution in [1.82, 2.24) is 15.5 Å². The highest BCUT2D eigenvalue weighted by Crippen LogP contribution is 2.26. The fourth-order valence-corrected chi connectivity index (χ4v) is 3.46. The van der Waals surface area contributed by atoms with Crippen molar-refractivity contribution in [3.63, 3.8) is 0 Å². The Balaban J connectivity index is 3.25. The van der Waals surface area contributed by atoms with Gasteiger partial charge in [-0.05, 0) is 59.6 Å². The number of benzene rings is 1. The molecule has 9 nitrogen and oxygen atoms in total. The van der Waals surface area contributed by atoms with Crippen LogP contribution in [-0.2, 0) is 23.9 Å². The largest absolute Gasteiger partial charge is 0.466 e. The Kier molecular flexibility index (Phi) is 11.5. The van der Waals surface area contributed by atoms with Gasteiger partial charge in [0.15, 0.2) is 0 Å². The molecule has 0 radical (unpaired) electrons. The number of esters is 1. The van der Waals surface area contributed by atoms with Crippen LogP contribution in [0.25, 0.3) is 0 Å². The topological polar surface area (TPSA) is 114 Å². The van der Waals surface area contributed by atoms with Gasteiger partial charge in [-0.25, -0.2) is 4.79 Å². The van der Waals surface area contributed by atoms with Crippen molar-refractivity contribution in [2.24, 2.45) is 0 Å². The summed E-state index contributed by atoms with van der Waals surface area (Å²) in [6.07, 6.45) is 0.782. The highest BCUT2D eigenvalue weighted by Gasteiger charge is 2.34. The van der Waals surface area contributed by atoms with Gasteiger partial charge in [-0.1, -0.05) is 29.8 Å². The van der Waals surface area contributed by atoms with Gasteiger partial charge in [0, 0.05) is 13.1 Å². The molecule has 3 amide bonds. The van der Waals surface area contributed by atoms with E-state index in [1.165, 1.54) is 17.9 Å². The normalized spacial score (nSPS) is 12.7. The lowest BCUT2D eigenvalue weighted by Gasteiger charge is -2.33. The minimum atomic E-state index is -1.01. The zero-order valence-corrected chi connectivity index (χ0v) is 21.9. The second-order valence-electron chi connectivity index (χ2n) is 9.26. The van der Waals surface area contributed by atoms with Gasteiger partial charge in [0.25, 0.3) is 0 Å².